The second-order valence-electron chi connectivity index (χ2n) is 7.49. The second kappa shape index (κ2) is 9.87. The van der Waals surface area contributed by atoms with Crippen molar-refractivity contribution in [2.45, 2.75) is 52.1 Å². The molecule has 0 radical (unpaired) electrons. The Hall–Kier alpha value is -1.15. The topological polar surface area (TPSA) is 98.3 Å². The number of halogens is 2. The minimum atomic E-state index is -0.346. The highest BCUT2D eigenvalue weighted by Crippen LogP contribution is 2.36. The summed E-state index contributed by atoms with van der Waals surface area (Å²) in [4.78, 5) is 32.6. The van der Waals surface area contributed by atoms with Crippen LogP contribution in [0.1, 0.15) is 42.6 Å². The number of carbonyl (C=O) groups excluding carboxylic acids is 1. The van der Waals surface area contributed by atoms with Crippen LogP contribution in [-0.4, -0.2) is 58.2 Å². The number of aromatic amines is 1. The Labute approximate surface area is 172 Å². The molecule has 1 spiro atoms. The van der Waals surface area contributed by atoms with Crippen LogP contribution in [0.5, 0.6) is 0 Å². The average molecular weight is 421 g/mol. The number of piperidine rings is 2. The maximum absolute atomic E-state index is 12.7. The number of likely N-dealkylation sites (tertiary alicyclic amines) is 1. The summed E-state index contributed by atoms with van der Waals surface area (Å²) in [5, 5.41) is 13.8. The highest BCUT2D eigenvalue weighted by atomic mass is 35.5. The Kier molecular flexibility index (Phi) is 8.73. The number of rotatable bonds is 3. The number of carbonyl (C=O) groups is 1. The lowest BCUT2D eigenvalue weighted by Crippen LogP contribution is -2.58. The van der Waals surface area contributed by atoms with E-state index in [1.165, 1.54) is 0 Å². The molecule has 2 aliphatic rings. The van der Waals surface area contributed by atoms with Crippen molar-refractivity contribution in [1.82, 2.24) is 20.2 Å². The summed E-state index contributed by atoms with van der Waals surface area (Å²) in [6, 6.07) is 0. The Balaban J connectivity index is 0.00000182. The monoisotopic (exact) mass is 420 g/mol. The quantitative estimate of drug-likeness (QED) is 0.680. The van der Waals surface area contributed by atoms with Gasteiger partial charge in [-0.2, -0.15) is 4.98 Å². The molecule has 1 aromatic heterocycles. The third-order valence-electron chi connectivity index (χ3n) is 5.78. The smallest absolute Gasteiger partial charge is 0.345 e. The molecule has 1 aromatic rings. The van der Waals surface area contributed by atoms with Crippen molar-refractivity contribution in [1.29, 1.82) is 0 Å². The Morgan fingerprint density at radius 1 is 1.37 bits per heavy atom. The molecule has 2 fully saturated rings. The van der Waals surface area contributed by atoms with Gasteiger partial charge in [0.2, 0.25) is 5.91 Å². The summed E-state index contributed by atoms with van der Waals surface area (Å²) >= 11 is 0. The van der Waals surface area contributed by atoms with Gasteiger partial charge in [-0.15, -0.1) is 24.8 Å². The van der Waals surface area contributed by atoms with Gasteiger partial charge in [0.25, 0.3) is 0 Å². The lowest BCUT2D eigenvalue weighted by Gasteiger charge is -2.48. The minimum Gasteiger partial charge on any atom is -0.392 e. The summed E-state index contributed by atoms with van der Waals surface area (Å²) in [5.74, 6) is 0.113. The standard InChI is InChI=1S/C18H28N4O3.2ClH/c1-12-14(13(2)21-17(25)20-12)4-5-16(24)22-9-3-7-18(11-22)10-19-8-6-15(18)23;;/h15,19,23H,3-11H2,1-2H3,(H,20,21,25);2*1H/t15-,18-;;/m0../s1. The van der Waals surface area contributed by atoms with Crippen LogP contribution in [0.2, 0.25) is 0 Å². The van der Waals surface area contributed by atoms with Crippen molar-refractivity contribution in [3.05, 3.63) is 27.4 Å². The van der Waals surface area contributed by atoms with Crippen LogP contribution in [0.3, 0.4) is 0 Å². The Morgan fingerprint density at radius 2 is 2.11 bits per heavy atom. The van der Waals surface area contributed by atoms with Crippen molar-refractivity contribution in [3.63, 3.8) is 0 Å². The second-order valence-corrected chi connectivity index (χ2v) is 7.49. The molecular formula is C18H30Cl2N4O3. The van der Waals surface area contributed by atoms with Crippen LogP contribution < -0.4 is 11.0 Å². The summed E-state index contributed by atoms with van der Waals surface area (Å²) < 4.78 is 0. The van der Waals surface area contributed by atoms with Gasteiger partial charge in [0.15, 0.2) is 0 Å². The van der Waals surface area contributed by atoms with Crippen LogP contribution >= 0.6 is 24.8 Å². The van der Waals surface area contributed by atoms with Gasteiger partial charge >= 0.3 is 5.69 Å². The molecule has 2 saturated heterocycles. The third-order valence-corrected chi connectivity index (χ3v) is 5.78. The molecular weight excluding hydrogens is 391 g/mol. The zero-order chi connectivity index (χ0) is 18.0. The molecule has 2 atom stereocenters. The predicted octanol–water partition coefficient (Wildman–Crippen LogP) is 1.13. The van der Waals surface area contributed by atoms with E-state index in [4.69, 9.17) is 0 Å². The fourth-order valence-electron chi connectivity index (χ4n) is 4.30. The number of nitrogens with zero attached hydrogens (tertiary/aromatic N) is 2. The van der Waals surface area contributed by atoms with Crippen LogP contribution in [0.15, 0.2) is 4.79 Å². The van der Waals surface area contributed by atoms with E-state index >= 15 is 0 Å². The van der Waals surface area contributed by atoms with Crippen LogP contribution in [0.4, 0.5) is 0 Å². The summed E-state index contributed by atoms with van der Waals surface area (Å²) in [6.45, 7) is 6.66. The maximum Gasteiger partial charge on any atom is 0.345 e. The fraction of sp³-hybridized carbons (Fsp3) is 0.722. The number of hydrogen-bond acceptors (Lipinski definition) is 5. The molecule has 0 saturated carbocycles. The van der Waals surface area contributed by atoms with E-state index in [9.17, 15) is 14.7 Å². The zero-order valence-electron chi connectivity index (χ0n) is 15.9. The summed E-state index contributed by atoms with van der Waals surface area (Å²) in [5.41, 5.74) is 1.88. The van der Waals surface area contributed by atoms with Gasteiger partial charge in [-0.05, 0) is 51.6 Å². The Bertz CT molecular complexity index is 682. The number of amides is 1. The van der Waals surface area contributed by atoms with Crippen molar-refractivity contribution in [2.75, 3.05) is 26.2 Å². The van der Waals surface area contributed by atoms with Gasteiger partial charge in [0.1, 0.15) is 0 Å². The SMILES string of the molecule is Cc1nc(=O)[nH]c(C)c1CCC(=O)N1CCC[C@]2(CNCC[C@@H]2O)C1.Cl.Cl. The number of aliphatic hydroxyl groups is 1. The lowest BCUT2D eigenvalue weighted by molar-refractivity contribution is -0.138. The number of aromatic nitrogens is 2. The first-order valence-corrected chi connectivity index (χ1v) is 9.14. The van der Waals surface area contributed by atoms with E-state index in [1.54, 1.807) is 0 Å². The van der Waals surface area contributed by atoms with E-state index in [0.29, 0.717) is 25.1 Å². The van der Waals surface area contributed by atoms with Crippen molar-refractivity contribution < 1.29 is 9.90 Å². The molecule has 3 N–H and O–H groups in total. The largest absolute Gasteiger partial charge is 0.392 e. The fourth-order valence-corrected chi connectivity index (χ4v) is 4.30. The number of H-pyrrole nitrogens is 1. The molecule has 1 amide bonds. The van der Waals surface area contributed by atoms with E-state index in [1.807, 2.05) is 18.7 Å². The molecule has 0 aliphatic carbocycles. The van der Waals surface area contributed by atoms with Gasteiger partial charge in [-0.3, -0.25) is 4.79 Å². The van der Waals surface area contributed by atoms with Gasteiger partial charge in [0.05, 0.1) is 6.10 Å². The van der Waals surface area contributed by atoms with E-state index in [-0.39, 0.29) is 47.9 Å². The highest BCUT2D eigenvalue weighted by molar-refractivity contribution is 5.85. The van der Waals surface area contributed by atoms with Crippen molar-refractivity contribution in [2.24, 2.45) is 5.41 Å². The van der Waals surface area contributed by atoms with Crippen molar-refractivity contribution in [3.8, 4) is 0 Å². The molecule has 154 valence electrons. The Morgan fingerprint density at radius 3 is 2.78 bits per heavy atom. The number of nitrogens with one attached hydrogen (secondary N) is 2. The number of aliphatic hydroxyl groups excluding tert-OH is 1. The number of hydrogen-bond donors (Lipinski definition) is 3. The first-order valence-electron chi connectivity index (χ1n) is 9.14. The van der Waals surface area contributed by atoms with Crippen LogP contribution in [0.25, 0.3) is 0 Å². The summed E-state index contributed by atoms with van der Waals surface area (Å²) in [6.07, 6.45) is 3.29. The van der Waals surface area contributed by atoms with Crippen molar-refractivity contribution >= 4 is 30.7 Å². The van der Waals surface area contributed by atoms with E-state index in [2.05, 4.69) is 15.3 Å². The molecule has 2 aliphatic heterocycles. The average Bonchev–Trinajstić information content (AvgIpc) is 2.57. The van der Waals surface area contributed by atoms with Crippen LogP contribution in [0, 0.1) is 19.3 Å². The normalized spacial score (nSPS) is 24.9. The van der Waals surface area contributed by atoms with E-state index in [0.717, 1.165) is 50.2 Å². The number of aryl methyl sites for hydroxylation is 2. The van der Waals surface area contributed by atoms with Gasteiger partial charge in [-0.25, -0.2) is 4.79 Å². The third kappa shape index (κ3) is 5.22. The molecule has 0 bridgehead atoms. The first kappa shape index (κ1) is 23.9. The summed E-state index contributed by atoms with van der Waals surface area (Å²) in [7, 11) is 0. The molecule has 0 aromatic carbocycles. The molecule has 3 rings (SSSR count). The van der Waals surface area contributed by atoms with E-state index < -0.39 is 0 Å². The molecule has 3 heterocycles. The maximum atomic E-state index is 12.7. The molecule has 27 heavy (non-hydrogen) atoms. The minimum absolute atomic E-state index is 0. The molecule has 7 nitrogen and oxygen atoms in total. The zero-order valence-corrected chi connectivity index (χ0v) is 17.5. The van der Waals surface area contributed by atoms with Gasteiger partial charge < -0.3 is 20.3 Å². The first-order chi connectivity index (χ1) is 11.9. The van der Waals surface area contributed by atoms with Crippen LogP contribution in [-0.2, 0) is 11.2 Å². The van der Waals surface area contributed by atoms with Gasteiger partial charge in [0, 0.05) is 42.9 Å². The highest BCUT2D eigenvalue weighted by Gasteiger charge is 2.43. The molecule has 0 unspecified atom stereocenters. The molecule has 9 heteroatoms. The lowest BCUT2D eigenvalue weighted by atomic mass is 9.72. The van der Waals surface area contributed by atoms with Gasteiger partial charge in [-0.1, -0.05) is 0 Å². The predicted molar refractivity (Wildman–Crippen MR) is 109 cm³/mol.